The molecule has 3 heteroatoms. The molecule has 2 aromatic rings. The van der Waals surface area contributed by atoms with Crippen LogP contribution in [0.1, 0.15) is 73.6 Å². The van der Waals surface area contributed by atoms with Gasteiger partial charge >= 0.3 is 0 Å². The standard InChI is InChI=1S/C32H42O3/c1-3-25-15-19-27(20-16-25)11-7-5-9-13-29(31-23-33-31)35-30(32-24-34-32)14-10-6-8-12-28-21-17-26(4-2)18-22-28/h3-4,15-22,29-32H,1-2,5-14,23-24H2. The van der Waals surface area contributed by atoms with Gasteiger partial charge in [0.1, 0.15) is 12.2 Å². The topological polar surface area (TPSA) is 34.3 Å². The summed E-state index contributed by atoms with van der Waals surface area (Å²) in [5.74, 6) is 0. The van der Waals surface area contributed by atoms with Gasteiger partial charge in [-0.05, 0) is 60.8 Å². The highest BCUT2D eigenvalue weighted by Gasteiger charge is 2.39. The van der Waals surface area contributed by atoms with Gasteiger partial charge in [-0.15, -0.1) is 0 Å². The Hall–Kier alpha value is -2.20. The van der Waals surface area contributed by atoms with Crippen molar-refractivity contribution in [3.8, 4) is 0 Å². The maximum absolute atomic E-state index is 6.61. The first-order chi connectivity index (χ1) is 17.2. The second kappa shape index (κ2) is 13.8. The van der Waals surface area contributed by atoms with Crippen molar-refractivity contribution in [2.24, 2.45) is 0 Å². The summed E-state index contributed by atoms with van der Waals surface area (Å²) in [5, 5.41) is 0. The number of hydrogen-bond donors (Lipinski definition) is 0. The molecule has 0 amide bonds. The van der Waals surface area contributed by atoms with Crippen LogP contribution in [0.4, 0.5) is 0 Å². The Morgan fingerprint density at radius 1 is 0.657 bits per heavy atom. The zero-order valence-corrected chi connectivity index (χ0v) is 21.2. The molecule has 2 fully saturated rings. The third-order valence-corrected chi connectivity index (χ3v) is 7.24. The Labute approximate surface area is 212 Å². The predicted molar refractivity (Wildman–Crippen MR) is 146 cm³/mol. The van der Waals surface area contributed by atoms with E-state index in [-0.39, 0.29) is 12.2 Å². The van der Waals surface area contributed by atoms with Gasteiger partial charge in [0.2, 0.25) is 0 Å². The van der Waals surface area contributed by atoms with E-state index in [1.165, 1.54) is 60.8 Å². The molecule has 0 aromatic heterocycles. The fourth-order valence-corrected chi connectivity index (χ4v) is 4.79. The minimum atomic E-state index is 0.222. The van der Waals surface area contributed by atoms with Crippen molar-refractivity contribution in [2.75, 3.05) is 13.2 Å². The molecule has 0 aliphatic carbocycles. The third-order valence-electron chi connectivity index (χ3n) is 7.24. The van der Waals surface area contributed by atoms with E-state index in [2.05, 4.69) is 61.7 Å². The molecule has 3 nitrogen and oxygen atoms in total. The Kier molecular flexibility index (Phi) is 10.2. The van der Waals surface area contributed by atoms with E-state index in [9.17, 15) is 0 Å². The molecule has 0 bridgehead atoms. The molecule has 0 spiro atoms. The van der Waals surface area contributed by atoms with Crippen LogP contribution in [0.3, 0.4) is 0 Å². The molecule has 2 saturated heterocycles. The van der Waals surface area contributed by atoms with Crippen LogP contribution in [0.25, 0.3) is 12.2 Å². The summed E-state index contributed by atoms with van der Waals surface area (Å²) in [6.45, 7) is 9.35. The van der Waals surface area contributed by atoms with Crippen molar-refractivity contribution in [1.29, 1.82) is 0 Å². The first kappa shape index (κ1) is 25.9. The van der Waals surface area contributed by atoms with Crippen LogP contribution in [0.2, 0.25) is 0 Å². The summed E-state index contributed by atoms with van der Waals surface area (Å²) in [6, 6.07) is 17.5. The minimum absolute atomic E-state index is 0.222. The van der Waals surface area contributed by atoms with E-state index < -0.39 is 0 Å². The van der Waals surface area contributed by atoms with E-state index in [1.807, 2.05) is 12.2 Å². The maximum atomic E-state index is 6.61. The van der Waals surface area contributed by atoms with E-state index in [1.54, 1.807) is 0 Å². The average molecular weight is 475 g/mol. The van der Waals surface area contributed by atoms with Gasteiger partial charge in [0.15, 0.2) is 0 Å². The minimum Gasteiger partial charge on any atom is -0.370 e. The van der Waals surface area contributed by atoms with Gasteiger partial charge in [-0.1, -0.05) is 99.5 Å². The molecule has 0 radical (unpaired) electrons. The number of benzene rings is 2. The maximum Gasteiger partial charge on any atom is 0.107 e. The normalized spacial score (nSPS) is 20.2. The van der Waals surface area contributed by atoms with Gasteiger partial charge in [-0.25, -0.2) is 0 Å². The molecule has 2 heterocycles. The Balaban J connectivity index is 1.12. The third kappa shape index (κ3) is 9.07. The Morgan fingerprint density at radius 2 is 1.06 bits per heavy atom. The highest BCUT2D eigenvalue weighted by molar-refractivity contribution is 5.47. The molecule has 35 heavy (non-hydrogen) atoms. The summed E-state index contributed by atoms with van der Waals surface area (Å²) >= 11 is 0. The molecule has 2 aliphatic heterocycles. The summed E-state index contributed by atoms with van der Waals surface area (Å²) in [4.78, 5) is 0. The lowest BCUT2D eigenvalue weighted by Gasteiger charge is -2.23. The van der Waals surface area contributed by atoms with Crippen LogP contribution < -0.4 is 0 Å². The van der Waals surface area contributed by atoms with Gasteiger partial charge in [-0.2, -0.15) is 0 Å². The number of rotatable bonds is 18. The molecule has 4 atom stereocenters. The van der Waals surface area contributed by atoms with Gasteiger partial charge in [0.05, 0.1) is 25.4 Å². The monoisotopic (exact) mass is 474 g/mol. The van der Waals surface area contributed by atoms with Crippen molar-refractivity contribution in [3.63, 3.8) is 0 Å². The molecule has 0 saturated carbocycles. The average Bonchev–Trinajstić information content (AvgIpc) is 3.81. The molecule has 2 aromatic carbocycles. The predicted octanol–water partition coefficient (Wildman–Crippen LogP) is 7.43. The number of hydrogen-bond acceptors (Lipinski definition) is 3. The van der Waals surface area contributed by atoms with Crippen molar-refractivity contribution in [1.82, 2.24) is 0 Å². The zero-order chi connectivity index (χ0) is 24.3. The van der Waals surface area contributed by atoms with Crippen molar-refractivity contribution in [2.45, 2.75) is 88.6 Å². The second-order valence-electron chi connectivity index (χ2n) is 10.0. The fourth-order valence-electron chi connectivity index (χ4n) is 4.79. The molecule has 188 valence electrons. The van der Waals surface area contributed by atoms with E-state index in [4.69, 9.17) is 14.2 Å². The summed E-state index contributed by atoms with van der Waals surface area (Å²) in [6.07, 6.45) is 16.6. The van der Waals surface area contributed by atoms with Crippen LogP contribution >= 0.6 is 0 Å². The molecule has 2 aliphatic rings. The Morgan fingerprint density at radius 3 is 1.40 bits per heavy atom. The zero-order valence-electron chi connectivity index (χ0n) is 21.2. The molecule has 0 N–H and O–H groups in total. The lowest BCUT2D eigenvalue weighted by molar-refractivity contribution is -0.0468. The lowest BCUT2D eigenvalue weighted by Crippen LogP contribution is -2.30. The van der Waals surface area contributed by atoms with Crippen LogP contribution in [0, 0.1) is 0 Å². The van der Waals surface area contributed by atoms with Crippen molar-refractivity contribution >= 4 is 12.2 Å². The SMILES string of the molecule is C=Cc1ccc(CCCCCC(OC(CCCCCc2ccc(C=C)cc2)C2CO2)C2CO2)cc1. The highest BCUT2D eigenvalue weighted by Crippen LogP contribution is 2.29. The number of aryl methyl sites for hydroxylation is 2. The summed E-state index contributed by atoms with van der Waals surface area (Å²) in [7, 11) is 0. The lowest BCUT2D eigenvalue weighted by atomic mass is 10.0. The highest BCUT2D eigenvalue weighted by atomic mass is 16.6. The van der Waals surface area contributed by atoms with Gasteiger partial charge < -0.3 is 14.2 Å². The molecular weight excluding hydrogens is 432 g/mol. The number of unbranched alkanes of at least 4 members (excludes halogenated alkanes) is 4. The first-order valence-corrected chi connectivity index (χ1v) is 13.6. The van der Waals surface area contributed by atoms with Crippen LogP contribution in [0.15, 0.2) is 61.7 Å². The van der Waals surface area contributed by atoms with Crippen molar-refractivity contribution in [3.05, 3.63) is 83.9 Å². The smallest absolute Gasteiger partial charge is 0.107 e. The van der Waals surface area contributed by atoms with Gasteiger partial charge in [0, 0.05) is 0 Å². The van der Waals surface area contributed by atoms with E-state index in [0.29, 0.717) is 12.2 Å². The first-order valence-electron chi connectivity index (χ1n) is 13.6. The Bertz CT molecular complexity index is 818. The van der Waals surface area contributed by atoms with Crippen molar-refractivity contribution < 1.29 is 14.2 Å². The molecule has 4 rings (SSSR count). The van der Waals surface area contributed by atoms with Gasteiger partial charge in [0.25, 0.3) is 0 Å². The second-order valence-corrected chi connectivity index (χ2v) is 10.0. The molecular formula is C32H42O3. The fraction of sp³-hybridized carbons (Fsp3) is 0.500. The van der Waals surface area contributed by atoms with E-state index in [0.717, 1.165) is 38.9 Å². The van der Waals surface area contributed by atoms with E-state index >= 15 is 0 Å². The number of epoxide rings is 2. The quantitative estimate of drug-likeness (QED) is 0.166. The van der Waals surface area contributed by atoms with Crippen LogP contribution in [0.5, 0.6) is 0 Å². The molecule has 4 unspecified atom stereocenters. The largest absolute Gasteiger partial charge is 0.370 e. The summed E-state index contributed by atoms with van der Waals surface area (Å²) in [5.41, 5.74) is 5.19. The van der Waals surface area contributed by atoms with Crippen LogP contribution in [-0.4, -0.2) is 37.6 Å². The number of ether oxygens (including phenoxy) is 3. The van der Waals surface area contributed by atoms with Gasteiger partial charge in [-0.3, -0.25) is 0 Å². The van der Waals surface area contributed by atoms with Crippen LogP contribution in [-0.2, 0) is 27.1 Å². The summed E-state index contributed by atoms with van der Waals surface area (Å²) < 4.78 is 17.9.